The highest BCUT2D eigenvalue weighted by atomic mass is 35.6. The van der Waals surface area contributed by atoms with Crippen LogP contribution in [0.25, 0.3) is 0 Å². The largest absolute Gasteiger partial charge is 0.170 e. The Labute approximate surface area is 58.5 Å². The summed E-state index contributed by atoms with van der Waals surface area (Å²) in [7, 11) is -0.488. The van der Waals surface area contributed by atoms with Crippen molar-refractivity contribution in [1.82, 2.24) is 0 Å². The molecule has 0 amide bonds. The van der Waals surface area contributed by atoms with Gasteiger partial charge < -0.3 is 0 Å². The van der Waals surface area contributed by atoms with Crippen LogP contribution in [0.1, 0.15) is 20.8 Å². The second-order valence-corrected chi connectivity index (χ2v) is 4.91. The van der Waals surface area contributed by atoms with Gasteiger partial charge in [-0.05, 0) is 5.41 Å². The van der Waals surface area contributed by atoms with Gasteiger partial charge in [0, 0.05) is 0 Å². The van der Waals surface area contributed by atoms with E-state index in [9.17, 15) is 0 Å². The standard InChI is InChI=1S/C6H13ClSi/c1-5(8-7)6(2,3)4/h1,8H2,2-4H3. The molecule has 0 fully saturated rings. The Morgan fingerprint density at radius 2 is 1.88 bits per heavy atom. The Balaban J connectivity index is 3.82. The van der Waals surface area contributed by atoms with Crippen LogP contribution in [0, 0.1) is 5.41 Å². The van der Waals surface area contributed by atoms with Crippen LogP contribution in [0.15, 0.2) is 11.8 Å². The molecule has 0 radical (unpaired) electrons. The molecule has 48 valence electrons. The van der Waals surface area contributed by atoms with E-state index in [-0.39, 0.29) is 5.41 Å². The SMILES string of the molecule is C=C([SiH2]Cl)C(C)(C)C. The molecule has 0 saturated carbocycles. The van der Waals surface area contributed by atoms with Gasteiger partial charge >= 0.3 is 0 Å². The molecule has 0 aromatic rings. The number of hydrogen-bond acceptors (Lipinski definition) is 0. The third-order valence-corrected chi connectivity index (χ3v) is 3.57. The summed E-state index contributed by atoms with van der Waals surface area (Å²) in [5.74, 6) is 0. The fraction of sp³-hybridized carbons (Fsp3) is 0.667. The van der Waals surface area contributed by atoms with Crippen molar-refractivity contribution in [1.29, 1.82) is 0 Å². The van der Waals surface area contributed by atoms with Crippen molar-refractivity contribution in [2.75, 3.05) is 0 Å². The number of rotatable bonds is 1. The predicted octanol–water partition coefficient (Wildman–Crippen LogP) is 1.87. The minimum Gasteiger partial charge on any atom is -0.170 e. The van der Waals surface area contributed by atoms with E-state index in [1.54, 1.807) is 0 Å². The van der Waals surface area contributed by atoms with Gasteiger partial charge in [-0.1, -0.05) is 26.0 Å². The molecule has 0 aliphatic carbocycles. The Morgan fingerprint density at radius 1 is 1.50 bits per heavy atom. The van der Waals surface area contributed by atoms with Crippen molar-refractivity contribution in [3.05, 3.63) is 11.8 Å². The van der Waals surface area contributed by atoms with Crippen molar-refractivity contribution in [2.45, 2.75) is 20.8 Å². The van der Waals surface area contributed by atoms with Crippen LogP contribution in [-0.4, -0.2) is 8.83 Å². The molecule has 0 N–H and O–H groups in total. The van der Waals surface area contributed by atoms with Gasteiger partial charge in [0.15, 0.2) is 8.83 Å². The highest BCUT2D eigenvalue weighted by molar-refractivity contribution is 6.97. The lowest BCUT2D eigenvalue weighted by molar-refractivity contribution is 0.531. The van der Waals surface area contributed by atoms with Gasteiger partial charge in [-0.2, -0.15) is 11.1 Å². The Kier molecular flexibility index (Phi) is 2.78. The van der Waals surface area contributed by atoms with Gasteiger partial charge in [-0.3, -0.25) is 0 Å². The van der Waals surface area contributed by atoms with Crippen molar-refractivity contribution in [2.24, 2.45) is 5.41 Å². The van der Waals surface area contributed by atoms with Gasteiger partial charge in [0.2, 0.25) is 0 Å². The van der Waals surface area contributed by atoms with Crippen LogP contribution in [0.5, 0.6) is 0 Å². The first-order valence-corrected chi connectivity index (χ1v) is 5.57. The third-order valence-electron chi connectivity index (χ3n) is 1.22. The molecule has 0 aliphatic rings. The van der Waals surface area contributed by atoms with Crippen LogP contribution in [0.4, 0.5) is 0 Å². The minimum atomic E-state index is -0.488. The van der Waals surface area contributed by atoms with Gasteiger partial charge in [0.25, 0.3) is 0 Å². The molecule has 0 spiro atoms. The van der Waals surface area contributed by atoms with Gasteiger partial charge in [0.05, 0.1) is 0 Å². The van der Waals surface area contributed by atoms with Crippen LogP contribution < -0.4 is 0 Å². The van der Waals surface area contributed by atoms with Crippen LogP contribution in [0.3, 0.4) is 0 Å². The zero-order valence-electron chi connectivity index (χ0n) is 5.79. The Hall–Kier alpha value is 0.247. The van der Waals surface area contributed by atoms with Crippen molar-refractivity contribution >= 4 is 19.9 Å². The summed E-state index contributed by atoms with van der Waals surface area (Å²) in [5, 5.41) is 1.24. The molecular weight excluding hydrogens is 136 g/mol. The Bertz CT molecular complexity index is 91.2. The lowest BCUT2D eigenvalue weighted by atomic mass is 9.97. The summed E-state index contributed by atoms with van der Waals surface area (Å²) in [4.78, 5) is 0. The Morgan fingerprint density at radius 3 is 1.88 bits per heavy atom. The molecule has 2 heteroatoms. The number of hydrogen-bond donors (Lipinski definition) is 0. The maximum Gasteiger partial charge on any atom is 0.151 e. The van der Waals surface area contributed by atoms with E-state index in [2.05, 4.69) is 27.4 Å². The van der Waals surface area contributed by atoms with E-state index in [0.717, 1.165) is 0 Å². The molecule has 0 aromatic carbocycles. The van der Waals surface area contributed by atoms with E-state index in [1.165, 1.54) is 5.20 Å². The first-order valence-electron chi connectivity index (χ1n) is 2.72. The molecule has 0 saturated heterocycles. The fourth-order valence-electron chi connectivity index (χ4n) is 0.200. The molecule has 0 atom stereocenters. The maximum absolute atomic E-state index is 5.68. The molecule has 0 aromatic heterocycles. The lowest BCUT2D eigenvalue weighted by Crippen LogP contribution is -2.10. The molecule has 0 bridgehead atoms. The van der Waals surface area contributed by atoms with Crippen molar-refractivity contribution < 1.29 is 0 Å². The van der Waals surface area contributed by atoms with Crippen molar-refractivity contribution in [3.8, 4) is 0 Å². The highest BCUT2D eigenvalue weighted by Crippen LogP contribution is 2.22. The van der Waals surface area contributed by atoms with E-state index in [4.69, 9.17) is 11.1 Å². The maximum atomic E-state index is 5.68. The molecule has 0 aliphatic heterocycles. The zero-order chi connectivity index (χ0) is 6.78. The molecule has 0 heterocycles. The average Bonchev–Trinajstić information content (AvgIpc) is 1.62. The van der Waals surface area contributed by atoms with Crippen LogP contribution >= 0.6 is 11.1 Å². The van der Waals surface area contributed by atoms with Crippen LogP contribution in [0.2, 0.25) is 0 Å². The van der Waals surface area contributed by atoms with E-state index >= 15 is 0 Å². The summed E-state index contributed by atoms with van der Waals surface area (Å²) in [6.07, 6.45) is 0. The first kappa shape index (κ1) is 8.25. The fourth-order valence-corrected chi connectivity index (χ4v) is 1.80. The first-order chi connectivity index (χ1) is 3.48. The molecule has 0 unspecified atom stereocenters. The molecule has 0 rings (SSSR count). The second-order valence-electron chi connectivity index (χ2n) is 2.99. The molecular formula is C6H13ClSi. The topological polar surface area (TPSA) is 0 Å². The minimum absolute atomic E-state index is 0.244. The summed E-state index contributed by atoms with van der Waals surface area (Å²) < 4.78 is 0. The monoisotopic (exact) mass is 148 g/mol. The summed E-state index contributed by atoms with van der Waals surface area (Å²) in [5.41, 5.74) is 0.244. The second kappa shape index (κ2) is 2.69. The highest BCUT2D eigenvalue weighted by Gasteiger charge is 2.12. The number of halogens is 1. The van der Waals surface area contributed by atoms with E-state index in [0.29, 0.717) is 0 Å². The van der Waals surface area contributed by atoms with Gasteiger partial charge in [-0.25, -0.2) is 0 Å². The van der Waals surface area contributed by atoms with E-state index in [1.807, 2.05) is 0 Å². The quantitative estimate of drug-likeness (QED) is 0.394. The van der Waals surface area contributed by atoms with E-state index < -0.39 is 8.83 Å². The molecule has 0 nitrogen and oxygen atoms in total. The van der Waals surface area contributed by atoms with Crippen LogP contribution in [-0.2, 0) is 0 Å². The molecule has 8 heavy (non-hydrogen) atoms. The number of allylic oxidation sites excluding steroid dienone is 1. The van der Waals surface area contributed by atoms with Gasteiger partial charge in [-0.15, -0.1) is 6.58 Å². The average molecular weight is 149 g/mol. The van der Waals surface area contributed by atoms with Crippen molar-refractivity contribution in [3.63, 3.8) is 0 Å². The normalized spacial score (nSPS) is 13.0. The summed E-state index contributed by atoms with van der Waals surface area (Å²) in [6.45, 7) is 10.3. The predicted molar refractivity (Wildman–Crippen MR) is 43.0 cm³/mol. The lowest BCUT2D eigenvalue weighted by Gasteiger charge is -2.18. The zero-order valence-corrected chi connectivity index (χ0v) is 7.96. The summed E-state index contributed by atoms with van der Waals surface area (Å²) >= 11 is 5.68. The third kappa shape index (κ3) is 2.53. The smallest absolute Gasteiger partial charge is 0.151 e. The summed E-state index contributed by atoms with van der Waals surface area (Å²) in [6, 6.07) is 0. The van der Waals surface area contributed by atoms with Gasteiger partial charge in [0.1, 0.15) is 0 Å².